The van der Waals surface area contributed by atoms with E-state index in [2.05, 4.69) is 16.4 Å². The fourth-order valence-electron chi connectivity index (χ4n) is 3.31. The summed E-state index contributed by atoms with van der Waals surface area (Å²) in [5.74, 6) is 0.520. The minimum absolute atomic E-state index is 0.182. The van der Waals surface area contributed by atoms with E-state index in [1.165, 1.54) is 44.8 Å². The second-order valence-electron chi connectivity index (χ2n) is 6.64. The van der Waals surface area contributed by atoms with Crippen LogP contribution in [0.1, 0.15) is 29.1 Å². The maximum atomic E-state index is 12.7. The Morgan fingerprint density at radius 1 is 1.10 bits per heavy atom. The molecule has 1 amide bonds. The predicted molar refractivity (Wildman–Crippen MR) is 122 cm³/mol. The van der Waals surface area contributed by atoms with Gasteiger partial charge in [-0.25, -0.2) is 13.4 Å². The number of carbonyl (C=O) groups excluding carboxylic acids is 1. The standard InChI is InChI=1S/C21H21N3O3S3/c1-3-24(4-2)30(26,27)15-11-9-14(10-12-15)20(25)23-21-22-19-16-7-5-6-8-17(16)28-13-18(19)29-21/h5-12H,3-4,13H2,1-2H3,(H,22,23,25). The summed E-state index contributed by atoms with van der Waals surface area (Å²) in [4.78, 5) is 19.8. The van der Waals surface area contributed by atoms with Crippen LogP contribution < -0.4 is 5.32 Å². The highest BCUT2D eigenvalue weighted by Crippen LogP contribution is 2.44. The number of sulfonamides is 1. The Morgan fingerprint density at radius 3 is 2.50 bits per heavy atom. The van der Waals surface area contributed by atoms with Crippen molar-refractivity contribution in [2.75, 3.05) is 18.4 Å². The summed E-state index contributed by atoms with van der Waals surface area (Å²) in [6.45, 7) is 4.40. The average molecular weight is 460 g/mol. The van der Waals surface area contributed by atoms with E-state index >= 15 is 0 Å². The van der Waals surface area contributed by atoms with Crippen LogP contribution in [0.25, 0.3) is 11.3 Å². The number of hydrogen-bond acceptors (Lipinski definition) is 6. The zero-order valence-corrected chi connectivity index (χ0v) is 19.0. The van der Waals surface area contributed by atoms with Gasteiger partial charge >= 0.3 is 0 Å². The number of fused-ring (bicyclic) bond motifs is 3. The molecule has 0 atom stereocenters. The molecule has 30 heavy (non-hydrogen) atoms. The number of rotatable bonds is 6. The van der Waals surface area contributed by atoms with E-state index in [4.69, 9.17) is 0 Å². The zero-order chi connectivity index (χ0) is 21.3. The van der Waals surface area contributed by atoms with Crippen molar-refractivity contribution in [3.63, 3.8) is 0 Å². The number of thioether (sulfide) groups is 1. The molecular formula is C21H21N3O3S3. The van der Waals surface area contributed by atoms with Crippen molar-refractivity contribution in [3.8, 4) is 11.3 Å². The van der Waals surface area contributed by atoms with Crippen LogP contribution in [0.2, 0.25) is 0 Å². The Hall–Kier alpha value is -2.20. The molecule has 0 bridgehead atoms. The lowest BCUT2D eigenvalue weighted by Gasteiger charge is -2.18. The fourth-order valence-corrected chi connectivity index (χ4v) is 6.86. The first-order valence-corrected chi connectivity index (χ1v) is 12.8. The van der Waals surface area contributed by atoms with Crippen molar-refractivity contribution in [1.82, 2.24) is 9.29 Å². The summed E-state index contributed by atoms with van der Waals surface area (Å²) < 4.78 is 26.6. The second-order valence-corrected chi connectivity index (χ2v) is 10.7. The molecule has 0 saturated heterocycles. The molecule has 1 aliphatic rings. The third-order valence-electron chi connectivity index (χ3n) is 4.88. The number of amides is 1. The highest BCUT2D eigenvalue weighted by atomic mass is 32.2. The number of anilines is 1. The Bertz CT molecular complexity index is 1180. The van der Waals surface area contributed by atoms with Gasteiger partial charge in [-0.05, 0) is 30.3 Å². The first-order chi connectivity index (χ1) is 14.4. The molecule has 2 heterocycles. The van der Waals surface area contributed by atoms with Gasteiger partial charge in [0.15, 0.2) is 5.13 Å². The van der Waals surface area contributed by atoms with E-state index in [0.717, 1.165) is 21.9 Å². The van der Waals surface area contributed by atoms with Gasteiger partial charge in [-0.1, -0.05) is 32.0 Å². The topological polar surface area (TPSA) is 79.4 Å². The Kier molecular flexibility index (Phi) is 5.97. The maximum Gasteiger partial charge on any atom is 0.257 e. The number of nitrogens with zero attached hydrogens (tertiary/aromatic N) is 2. The molecule has 0 radical (unpaired) electrons. The first kappa shape index (κ1) is 21.0. The summed E-state index contributed by atoms with van der Waals surface area (Å²) in [7, 11) is -3.54. The van der Waals surface area contributed by atoms with Crippen molar-refractivity contribution < 1.29 is 13.2 Å². The third-order valence-corrected chi connectivity index (χ3v) is 9.20. The maximum absolute atomic E-state index is 12.7. The molecule has 3 aromatic rings. The van der Waals surface area contributed by atoms with Gasteiger partial charge in [-0.15, -0.1) is 23.1 Å². The summed E-state index contributed by atoms with van der Waals surface area (Å²) in [5, 5.41) is 3.39. The molecule has 9 heteroatoms. The largest absolute Gasteiger partial charge is 0.298 e. The lowest BCUT2D eigenvalue weighted by molar-refractivity contribution is 0.102. The Labute approximate surface area is 184 Å². The van der Waals surface area contributed by atoms with Gasteiger partial charge in [0, 0.05) is 39.7 Å². The van der Waals surface area contributed by atoms with Crippen LogP contribution in [0, 0.1) is 0 Å². The predicted octanol–water partition coefficient (Wildman–Crippen LogP) is 4.70. The smallest absolute Gasteiger partial charge is 0.257 e. The Morgan fingerprint density at radius 2 is 1.80 bits per heavy atom. The molecule has 4 rings (SSSR count). The number of aromatic nitrogens is 1. The summed E-state index contributed by atoms with van der Waals surface area (Å²) in [6.07, 6.45) is 0. The molecule has 1 aliphatic heterocycles. The average Bonchev–Trinajstić information content (AvgIpc) is 3.17. The third kappa shape index (κ3) is 3.90. The van der Waals surface area contributed by atoms with Gasteiger partial charge in [-0.3, -0.25) is 10.1 Å². The van der Waals surface area contributed by atoms with Crippen LogP contribution in [0.5, 0.6) is 0 Å². The van der Waals surface area contributed by atoms with Crippen LogP contribution in [-0.2, 0) is 15.8 Å². The first-order valence-electron chi connectivity index (χ1n) is 9.57. The molecule has 156 valence electrons. The quantitative estimate of drug-likeness (QED) is 0.578. The fraction of sp³-hybridized carbons (Fsp3) is 0.238. The van der Waals surface area contributed by atoms with Gasteiger partial charge in [0.1, 0.15) is 0 Å². The van der Waals surface area contributed by atoms with E-state index in [-0.39, 0.29) is 10.8 Å². The zero-order valence-electron chi connectivity index (χ0n) is 16.6. The van der Waals surface area contributed by atoms with Gasteiger partial charge in [0.05, 0.1) is 10.6 Å². The van der Waals surface area contributed by atoms with Gasteiger partial charge < -0.3 is 0 Å². The normalized spacial score (nSPS) is 13.0. The van der Waals surface area contributed by atoms with Crippen molar-refractivity contribution in [2.24, 2.45) is 0 Å². The lowest BCUT2D eigenvalue weighted by atomic mass is 10.1. The highest BCUT2D eigenvalue weighted by molar-refractivity contribution is 7.98. The number of benzene rings is 2. The monoisotopic (exact) mass is 459 g/mol. The summed E-state index contributed by atoms with van der Waals surface area (Å²) in [6, 6.07) is 14.1. The van der Waals surface area contributed by atoms with E-state index in [1.807, 2.05) is 18.2 Å². The van der Waals surface area contributed by atoms with Gasteiger partial charge in [-0.2, -0.15) is 4.31 Å². The number of hydrogen-bond donors (Lipinski definition) is 1. The molecule has 0 saturated carbocycles. The molecule has 0 spiro atoms. The molecule has 0 fully saturated rings. The van der Waals surface area contributed by atoms with Crippen LogP contribution in [0.3, 0.4) is 0 Å². The second kappa shape index (κ2) is 8.50. The van der Waals surface area contributed by atoms with Crippen LogP contribution in [0.15, 0.2) is 58.3 Å². The number of nitrogens with one attached hydrogen (secondary N) is 1. The van der Waals surface area contributed by atoms with E-state index in [9.17, 15) is 13.2 Å². The molecule has 2 aromatic carbocycles. The van der Waals surface area contributed by atoms with Gasteiger partial charge in [0.2, 0.25) is 10.0 Å². The molecular weight excluding hydrogens is 438 g/mol. The molecule has 6 nitrogen and oxygen atoms in total. The Balaban J connectivity index is 1.53. The highest BCUT2D eigenvalue weighted by Gasteiger charge is 2.23. The van der Waals surface area contributed by atoms with Crippen molar-refractivity contribution in [3.05, 3.63) is 59.0 Å². The molecule has 0 unspecified atom stereocenters. The molecule has 0 aliphatic carbocycles. The van der Waals surface area contributed by atoms with Crippen molar-refractivity contribution in [2.45, 2.75) is 29.4 Å². The molecule has 1 N–H and O–H groups in total. The number of thiazole rings is 1. The van der Waals surface area contributed by atoms with Gasteiger partial charge in [0.25, 0.3) is 5.91 Å². The van der Waals surface area contributed by atoms with Crippen LogP contribution in [-0.4, -0.2) is 36.7 Å². The summed E-state index contributed by atoms with van der Waals surface area (Å²) in [5.41, 5.74) is 2.40. The van der Waals surface area contributed by atoms with E-state index in [0.29, 0.717) is 23.8 Å². The van der Waals surface area contributed by atoms with Crippen LogP contribution >= 0.6 is 23.1 Å². The van der Waals surface area contributed by atoms with E-state index in [1.54, 1.807) is 25.6 Å². The minimum atomic E-state index is -3.54. The SMILES string of the molecule is CCN(CC)S(=O)(=O)c1ccc(C(=O)Nc2nc3c(s2)CSc2ccccc2-3)cc1. The summed E-state index contributed by atoms with van der Waals surface area (Å²) >= 11 is 3.24. The van der Waals surface area contributed by atoms with E-state index < -0.39 is 10.0 Å². The van der Waals surface area contributed by atoms with Crippen molar-refractivity contribution >= 4 is 44.2 Å². The lowest BCUT2D eigenvalue weighted by Crippen LogP contribution is -2.30. The number of carbonyl (C=O) groups is 1. The van der Waals surface area contributed by atoms with Crippen molar-refractivity contribution in [1.29, 1.82) is 0 Å². The van der Waals surface area contributed by atoms with Crippen LogP contribution in [0.4, 0.5) is 5.13 Å². The minimum Gasteiger partial charge on any atom is -0.298 e. The molecule has 1 aromatic heterocycles.